The summed E-state index contributed by atoms with van der Waals surface area (Å²) in [5, 5.41) is 10.1. The molecule has 0 atom stereocenters. The first-order valence-electron chi connectivity index (χ1n) is 9.49. The van der Waals surface area contributed by atoms with Gasteiger partial charge in [0.05, 0.1) is 6.20 Å². The number of nitrogens with one attached hydrogen (secondary N) is 1. The quantitative estimate of drug-likeness (QED) is 0.580. The SMILES string of the molecule is Cn1nccc1-n1nc(-c2c[nH]c3ccccc23)nc1CCN1CCCC1=O. The number of aromatic amines is 1. The molecule has 0 saturated carbocycles. The Kier molecular flexibility index (Phi) is 3.96. The van der Waals surface area contributed by atoms with E-state index in [1.807, 2.05) is 47.1 Å². The van der Waals surface area contributed by atoms with Gasteiger partial charge in [-0.25, -0.2) is 4.98 Å². The molecule has 0 aliphatic carbocycles. The standard InChI is InChI=1S/C20H21N7O/c1-25-18(8-10-22-25)27-17(9-12-26-11-4-7-19(26)28)23-20(24-27)15-13-21-16-6-3-2-5-14(15)16/h2-3,5-6,8,10,13,21H,4,7,9,11-12H2,1H3. The first kappa shape index (κ1) is 16.7. The monoisotopic (exact) mass is 375 g/mol. The van der Waals surface area contributed by atoms with Crippen LogP contribution in [0.25, 0.3) is 28.1 Å². The van der Waals surface area contributed by atoms with E-state index in [1.165, 1.54) is 0 Å². The van der Waals surface area contributed by atoms with E-state index in [9.17, 15) is 4.79 Å². The molecule has 1 saturated heterocycles. The third-order valence-electron chi connectivity index (χ3n) is 5.29. The number of hydrogen-bond acceptors (Lipinski definition) is 4. The van der Waals surface area contributed by atoms with Crippen molar-refractivity contribution in [1.82, 2.24) is 34.4 Å². The third-order valence-corrected chi connectivity index (χ3v) is 5.29. The van der Waals surface area contributed by atoms with E-state index in [1.54, 1.807) is 10.9 Å². The highest BCUT2D eigenvalue weighted by Crippen LogP contribution is 2.27. The Morgan fingerprint density at radius 1 is 1.21 bits per heavy atom. The number of amides is 1. The zero-order valence-electron chi connectivity index (χ0n) is 15.7. The molecule has 1 amide bonds. The normalized spacial score (nSPS) is 14.5. The largest absolute Gasteiger partial charge is 0.360 e. The molecule has 1 fully saturated rings. The lowest BCUT2D eigenvalue weighted by Gasteiger charge is -2.15. The lowest BCUT2D eigenvalue weighted by molar-refractivity contribution is -0.127. The van der Waals surface area contributed by atoms with Crippen LogP contribution in [-0.2, 0) is 18.3 Å². The molecule has 3 aromatic heterocycles. The summed E-state index contributed by atoms with van der Waals surface area (Å²) < 4.78 is 3.61. The Balaban J connectivity index is 1.55. The summed E-state index contributed by atoms with van der Waals surface area (Å²) in [6.07, 6.45) is 5.92. The second-order valence-electron chi connectivity index (χ2n) is 7.06. The molecule has 0 spiro atoms. The van der Waals surface area contributed by atoms with Gasteiger partial charge >= 0.3 is 0 Å². The van der Waals surface area contributed by atoms with Crippen molar-refractivity contribution >= 4 is 16.8 Å². The summed E-state index contributed by atoms with van der Waals surface area (Å²) in [4.78, 5) is 22.0. The van der Waals surface area contributed by atoms with Gasteiger partial charge in [-0.2, -0.15) is 9.78 Å². The minimum atomic E-state index is 0.225. The summed E-state index contributed by atoms with van der Waals surface area (Å²) in [6, 6.07) is 10.0. The van der Waals surface area contributed by atoms with Crippen LogP contribution < -0.4 is 0 Å². The molecular formula is C20H21N7O. The van der Waals surface area contributed by atoms with Crippen molar-refractivity contribution in [2.45, 2.75) is 19.3 Å². The fourth-order valence-electron chi connectivity index (χ4n) is 3.81. The number of aromatic nitrogens is 6. The van der Waals surface area contributed by atoms with Crippen molar-refractivity contribution < 1.29 is 4.79 Å². The van der Waals surface area contributed by atoms with Crippen molar-refractivity contribution in [2.75, 3.05) is 13.1 Å². The maximum atomic E-state index is 12.0. The van der Waals surface area contributed by atoms with Crippen molar-refractivity contribution in [3.63, 3.8) is 0 Å². The number of rotatable bonds is 5. The molecule has 5 rings (SSSR count). The first-order chi connectivity index (χ1) is 13.7. The lowest BCUT2D eigenvalue weighted by Crippen LogP contribution is -2.27. The third kappa shape index (κ3) is 2.77. The van der Waals surface area contributed by atoms with Crippen molar-refractivity contribution in [3.05, 3.63) is 48.5 Å². The number of aryl methyl sites for hydroxylation is 1. The second-order valence-corrected chi connectivity index (χ2v) is 7.06. The Morgan fingerprint density at radius 2 is 2.11 bits per heavy atom. The molecule has 8 heteroatoms. The molecule has 0 unspecified atom stereocenters. The van der Waals surface area contributed by atoms with E-state index in [4.69, 9.17) is 10.1 Å². The van der Waals surface area contributed by atoms with Crippen molar-refractivity contribution in [3.8, 4) is 17.2 Å². The molecule has 1 N–H and O–H groups in total. The van der Waals surface area contributed by atoms with Gasteiger partial charge in [-0.15, -0.1) is 5.10 Å². The number of hydrogen-bond donors (Lipinski definition) is 1. The van der Waals surface area contributed by atoms with Crippen LogP contribution in [0.4, 0.5) is 0 Å². The van der Waals surface area contributed by atoms with Crippen LogP contribution >= 0.6 is 0 Å². The topological polar surface area (TPSA) is 84.6 Å². The molecule has 142 valence electrons. The summed E-state index contributed by atoms with van der Waals surface area (Å²) in [5.74, 6) is 2.56. The number of nitrogens with zero attached hydrogens (tertiary/aromatic N) is 6. The van der Waals surface area contributed by atoms with Gasteiger partial charge in [-0.05, 0) is 12.5 Å². The molecule has 1 aliphatic heterocycles. The van der Waals surface area contributed by atoms with Crippen molar-refractivity contribution in [2.24, 2.45) is 7.05 Å². The first-order valence-corrected chi connectivity index (χ1v) is 9.49. The predicted molar refractivity (Wildman–Crippen MR) is 105 cm³/mol. The van der Waals surface area contributed by atoms with Crippen molar-refractivity contribution in [1.29, 1.82) is 0 Å². The molecule has 0 radical (unpaired) electrons. The Hall–Kier alpha value is -3.42. The van der Waals surface area contributed by atoms with E-state index in [0.717, 1.165) is 41.1 Å². The van der Waals surface area contributed by atoms with Gasteiger partial charge in [-0.3, -0.25) is 9.48 Å². The van der Waals surface area contributed by atoms with E-state index in [2.05, 4.69) is 16.1 Å². The maximum absolute atomic E-state index is 12.0. The molecule has 4 aromatic rings. The van der Waals surface area contributed by atoms with Crippen LogP contribution in [-0.4, -0.2) is 53.4 Å². The van der Waals surface area contributed by atoms with Gasteiger partial charge in [0.25, 0.3) is 0 Å². The molecular weight excluding hydrogens is 354 g/mol. The van der Waals surface area contributed by atoms with Gasteiger partial charge in [0.1, 0.15) is 5.82 Å². The average molecular weight is 375 g/mol. The number of fused-ring (bicyclic) bond motifs is 1. The molecule has 8 nitrogen and oxygen atoms in total. The minimum absolute atomic E-state index is 0.225. The predicted octanol–water partition coefficient (Wildman–Crippen LogP) is 2.31. The van der Waals surface area contributed by atoms with Gasteiger partial charge in [0.15, 0.2) is 11.6 Å². The van der Waals surface area contributed by atoms with Crippen LogP contribution in [0, 0.1) is 0 Å². The highest BCUT2D eigenvalue weighted by atomic mass is 16.2. The number of para-hydroxylation sites is 1. The van der Waals surface area contributed by atoms with Crippen LogP contribution in [0.2, 0.25) is 0 Å². The number of benzene rings is 1. The highest BCUT2D eigenvalue weighted by molar-refractivity contribution is 5.93. The minimum Gasteiger partial charge on any atom is -0.360 e. The fraction of sp³-hybridized carbons (Fsp3) is 0.300. The summed E-state index contributed by atoms with van der Waals surface area (Å²) >= 11 is 0. The van der Waals surface area contributed by atoms with Gasteiger partial charge in [-0.1, -0.05) is 18.2 Å². The summed E-state index contributed by atoms with van der Waals surface area (Å²) in [5.41, 5.74) is 2.02. The molecule has 1 aliphatic rings. The Morgan fingerprint density at radius 3 is 2.89 bits per heavy atom. The van der Waals surface area contributed by atoms with E-state index in [-0.39, 0.29) is 5.91 Å². The molecule has 1 aromatic carbocycles. The average Bonchev–Trinajstić information content (AvgIpc) is 3.46. The summed E-state index contributed by atoms with van der Waals surface area (Å²) in [7, 11) is 1.89. The fourth-order valence-corrected chi connectivity index (χ4v) is 3.81. The van der Waals surface area contributed by atoms with Crippen LogP contribution in [0.1, 0.15) is 18.7 Å². The number of likely N-dealkylation sites (tertiary alicyclic amines) is 1. The van der Waals surface area contributed by atoms with E-state index < -0.39 is 0 Å². The zero-order valence-corrected chi connectivity index (χ0v) is 15.7. The second kappa shape index (κ2) is 6.63. The van der Waals surface area contributed by atoms with Crippen LogP contribution in [0.5, 0.6) is 0 Å². The molecule has 4 heterocycles. The lowest BCUT2D eigenvalue weighted by atomic mass is 10.2. The van der Waals surface area contributed by atoms with Gasteiger partial charge in [0.2, 0.25) is 5.91 Å². The Bertz CT molecular complexity index is 1150. The molecule has 0 bridgehead atoms. The van der Waals surface area contributed by atoms with Gasteiger partial charge in [0, 0.05) is 61.7 Å². The maximum Gasteiger partial charge on any atom is 0.222 e. The van der Waals surface area contributed by atoms with Crippen LogP contribution in [0.15, 0.2) is 42.7 Å². The number of carbonyl (C=O) groups excluding carboxylic acids is 1. The van der Waals surface area contributed by atoms with E-state index in [0.29, 0.717) is 25.2 Å². The summed E-state index contributed by atoms with van der Waals surface area (Å²) in [6.45, 7) is 1.48. The smallest absolute Gasteiger partial charge is 0.222 e. The van der Waals surface area contributed by atoms with Gasteiger partial charge < -0.3 is 9.88 Å². The molecule has 28 heavy (non-hydrogen) atoms. The highest BCUT2D eigenvalue weighted by Gasteiger charge is 2.22. The number of H-pyrrole nitrogens is 1. The Labute approximate surface area is 161 Å². The number of carbonyl (C=O) groups is 1. The zero-order chi connectivity index (χ0) is 19.1. The van der Waals surface area contributed by atoms with E-state index >= 15 is 0 Å². The van der Waals surface area contributed by atoms with Crippen LogP contribution in [0.3, 0.4) is 0 Å².